The van der Waals surface area contributed by atoms with Gasteiger partial charge in [-0.25, -0.2) is 9.18 Å². The summed E-state index contributed by atoms with van der Waals surface area (Å²) in [6, 6.07) is 15.9. The van der Waals surface area contributed by atoms with E-state index in [2.05, 4.69) is 5.32 Å². The number of nitrogens with zero attached hydrogens (tertiary/aromatic N) is 1. The lowest BCUT2D eigenvalue weighted by molar-refractivity contribution is -0.132. The fourth-order valence-electron chi connectivity index (χ4n) is 5.40. The van der Waals surface area contributed by atoms with Crippen LogP contribution in [0.4, 0.5) is 15.8 Å². The Hall–Kier alpha value is -4.17. The van der Waals surface area contributed by atoms with E-state index < -0.39 is 17.7 Å². The highest BCUT2D eigenvalue weighted by atomic mass is 35.5. The number of hydrogen-bond acceptors (Lipinski definition) is 4. The number of allylic oxidation sites excluding steroid dienone is 1. The van der Waals surface area contributed by atoms with Crippen LogP contribution in [0.15, 0.2) is 72.3 Å². The molecule has 0 unspecified atom stereocenters. The van der Waals surface area contributed by atoms with Crippen LogP contribution in [0.3, 0.4) is 0 Å². The van der Waals surface area contributed by atoms with Crippen molar-refractivity contribution in [2.24, 2.45) is 5.41 Å². The van der Waals surface area contributed by atoms with E-state index in [-0.39, 0.29) is 27.7 Å². The van der Waals surface area contributed by atoms with Gasteiger partial charge in [0.05, 0.1) is 23.4 Å². The molecule has 1 aliphatic heterocycles. The number of para-hydroxylation sites is 1. The molecule has 2 amide bonds. The van der Waals surface area contributed by atoms with Gasteiger partial charge in [-0.15, -0.1) is 0 Å². The summed E-state index contributed by atoms with van der Waals surface area (Å²) < 4.78 is 19.1. The Kier molecular flexibility index (Phi) is 7.14. The van der Waals surface area contributed by atoms with Gasteiger partial charge in [0.2, 0.25) is 0 Å². The molecule has 0 aromatic heterocycles. The number of carbonyl (C=O) groups excluding carboxylic acids is 2. The third-order valence-electron chi connectivity index (χ3n) is 7.42. The van der Waals surface area contributed by atoms with E-state index >= 15 is 0 Å². The Labute approximate surface area is 229 Å². The van der Waals surface area contributed by atoms with Crippen LogP contribution in [0.25, 0.3) is 0 Å². The van der Waals surface area contributed by atoms with Crippen LogP contribution >= 0.6 is 11.6 Å². The lowest BCUT2D eigenvalue weighted by Crippen LogP contribution is -2.33. The third-order valence-corrected chi connectivity index (χ3v) is 7.75. The topological polar surface area (TPSA) is 95.9 Å². The predicted molar refractivity (Wildman–Crippen MR) is 146 cm³/mol. The third kappa shape index (κ3) is 5.25. The van der Waals surface area contributed by atoms with Gasteiger partial charge in [-0.3, -0.25) is 9.59 Å². The molecule has 1 atom stereocenters. The molecule has 5 rings (SSSR count). The first kappa shape index (κ1) is 26.4. The zero-order valence-electron chi connectivity index (χ0n) is 21.2. The number of methoxy groups -OCH3 is 1. The summed E-state index contributed by atoms with van der Waals surface area (Å²) in [5.74, 6) is -2.09. The summed E-state index contributed by atoms with van der Waals surface area (Å²) in [5.41, 5.74) is 2.50. The Balaban J connectivity index is 1.42. The Morgan fingerprint density at radius 2 is 1.92 bits per heavy atom. The van der Waals surface area contributed by atoms with Gasteiger partial charge >= 0.3 is 5.97 Å². The molecule has 9 heteroatoms. The van der Waals surface area contributed by atoms with Crippen LogP contribution in [0.2, 0.25) is 5.02 Å². The molecule has 3 aromatic carbocycles. The zero-order valence-corrected chi connectivity index (χ0v) is 21.9. The van der Waals surface area contributed by atoms with E-state index in [4.69, 9.17) is 16.3 Å². The highest BCUT2D eigenvalue weighted by Crippen LogP contribution is 2.46. The Bertz CT molecular complexity index is 1520. The second-order valence-corrected chi connectivity index (χ2v) is 10.2. The van der Waals surface area contributed by atoms with Crippen molar-refractivity contribution >= 4 is 40.8 Å². The van der Waals surface area contributed by atoms with E-state index in [0.717, 1.165) is 29.8 Å². The minimum atomic E-state index is -0.892. The molecule has 0 saturated heterocycles. The average molecular weight is 551 g/mol. The number of aliphatic carboxylic acids is 1. The number of amides is 2. The first-order chi connectivity index (χ1) is 18.7. The van der Waals surface area contributed by atoms with Gasteiger partial charge in [-0.05, 0) is 79.1 Å². The standard InChI is InChI=1S/C30H26ClFN2O5/c1-39-26-14-18(6-9-24(26)33-27(35)22-15-21(32)7-8-23(22)31)28(36)34-13-12-30(11-10-20(17-30)29(37)38)16-19-4-2-3-5-25(19)34/h2-9,14-15,17H,10-13,16H2,1H3,(H,33,35)(H,37,38)/t30-/m0/s1/i28+2. The summed E-state index contributed by atoms with van der Waals surface area (Å²) in [6.45, 7) is 0.415. The number of fused-ring (bicyclic) bond motifs is 1. The van der Waals surface area contributed by atoms with Crippen molar-refractivity contribution in [2.75, 3.05) is 23.9 Å². The number of carboxylic acid groups (broad SMARTS) is 1. The molecule has 0 bridgehead atoms. The number of carboxylic acids is 1. The second-order valence-electron chi connectivity index (χ2n) is 9.84. The van der Waals surface area contributed by atoms with Gasteiger partial charge in [-0.1, -0.05) is 35.9 Å². The van der Waals surface area contributed by atoms with Crippen LogP contribution in [0.1, 0.15) is 45.5 Å². The summed E-state index contributed by atoms with van der Waals surface area (Å²) in [7, 11) is 1.42. The molecule has 7 nitrogen and oxygen atoms in total. The molecule has 39 heavy (non-hydrogen) atoms. The lowest BCUT2D eigenvalue weighted by Gasteiger charge is -2.26. The quantitative estimate of drug-likeness (QED) is 0.399. The molecular weight excluding hydrogens is 525 g/mol. The van der Waals surface area contributed by atoms with Gasteiger partial charge in [0.1, 0.15) is 11.6 Å². The monoisotopic (exact) mass is 550 g/mol. The number of benzene rings is 3. The first-order valence-corrected chi connectivity index (χ1v) is 12.9. The molecule has 200 valence electrons. The highest BCUT2D eigenvalue weighted by Gasteiger charge is 2.39. The number of nitrogens with one attached hydrogen (secondary N) is 1. The van der Waals surface area contributed by atoms with Gasteiger partial charge in [0.15, 0.2) is 0 Å². The normalized spacial score (nSPS) is 18.2. The molecule has 1 aliphatic carbocycles. The maximum atomic E-state index is 13.8. The smallest absolute Gasteiger partial charge is 0.331 e. The number of carbonyl (C=O) groups is 3. The maximum Gasteiger partial charge on any atom is 0.331 e. The van der Waals surface area contributed by atoms with Gasteiger partial charge in [0, 0.05) is 23.4 Å². The van der Waals surface area contributed by atoms with Crippen LogP contribution in [0.5, 0.6) is 5.75 Å². The van der Waals surface area contributed by atoms with Crippen molar-refractivity contribution in [3.63, 3.8) is 0 Å². The minimum absolute atomic E-state index is 0.0269. The molecule has 2 aliphatic rings. The lowest BCUT2D eigenvalue weighted by atomic mass is 9.79. The SMILES string of the molecule is COc1cc([14C](=O)N2CC[C@]3(C=C(C(=O)O)CC3)Cc3ccccc32)ccc1NC(=O)c1cc(F)ccc1Cl. The van der Waals surface area contributed by atoms with E-state index in [1.807, 2.05) is 30.3 Å². The summed E-state index contributed by atoms with van der Waals surface area (Å²) >= 11 is 6.07. The molecule has 2 N–H and O–H groups in total. The molecular formula is C30H26ClFN2O5. The van der Waals surface area contributed by atoms with Crippen molar-refractivity contribution in [2.45, 2.75) is 25.7 Å². The average Bonchev–Trinajstić information content (AvgIpc) is 3.27. The molecule has 0 fully saturated rings. The molecule has 3 aromatic rings. The fraction of sp³-hybridized carbons (Fsp3) is 0.233. The highest BCUT2D eigenvalue weighted by molar-refractivity contribution is 6.34. The van der Waals surface area contributed by atoms with E-state index in [0.29, 0.717) is 42.6 Å². The minimum Gasteiger partial charge on any atom is -0.495 e. The van der Waals surface area contributed by atoms with Crippen LogP contribution < -0.4 is 15.0 Å². The molecule has 0 saturated carbocycles. The number of rotatable bonds is 5. The summed E-state index contributed by atoms with van der Waals surface area (Å²) in [6.07, 6.45) is 4.40. The molecule has 1 spiro atoms. The first-order valence-electron chi connectivity index (χ1n) is 12.5. The fourth-order valence-corrected chi connectivity index (χ4v) is 5.61. The van der Waals surface area contributed by atoms with Crippen LogP contribution in [-0.4, -0.2) is 36.5 Å². The largest absolute Gasteiger partial charge is 0.495 e. The van der Waals surface area contributed by atoms with Crippen molar-refractivity contribution in [1.82, 2.24) is 0 Å². The molecule has 0 radical (unpaired) electrons. The Morgan fingerprint density at radius 3 is 2.67 bits per heavy atom. The van der Waals surface area contributed by atoms with E-state index in [1.54, 1.807) is 23.1 Å². The number of ether oxygens (including phenoxy) is 1. The van der Waals surface area contributed by atoms with Crippen molar-refractivity contribution in [1.29, 1.82) is 0 Å². The van der Waals surface area contributed by atoms with Crippen molar-refractivity contribution in [3.05, 3.63) is 99.8 Å². The second kappa shape index (κ2) is 10.5. The number of halogens is 2. The van der Waals surface area contributed by atoms with Crippen LogP contribution in [-0.2, 0) is 11.2 Å². The number of anilines is 2. The van der Waals surface area contributed by atoms with E-state index in [1.165, 1.54) is 13.2 Å². The van der Waals surface area contributed by atoms with Gasteiger partial charge < -0.3 is 20.1 Å². The predicted octanol–water partition coefficient (Wildman–Crippen LogP) is 6.12. The summed E-state index contributed by atoms with van der Waals surface area (Å²) in [4.78, 5) is 39.9. The van der Waals surface area contributed by atoms with Crippen molar-refractivity contribution in [3.8, 4) is 5.75 Å². The maximum absolute atomic E-state index is 13.8. The van der Waals surface area contributed by atoms with Crippen molar-refractivity contribution < 1.29 is 28.6 Å². The summed E-state index contributed by atoms with van der Waals surface area (Å²) in [5, 5.41) is 12.3. The zero-order chi connectivity index (χ0) is 27.7. The van der Waals surface area contributed by atoms with E-state index in [9.17, 15) is 23.9 Å². The number of hydrogen-bond donors (Lipinski definition) is 2. The van der Waals surface area contributed by atoms with Gasteiger partial charge in [-0.2, -0.15) is 0 Å². The Morgan fingerprint density at radius 1 is 1.13 bits per heavy atom. The van der Waals surface area contributed by atoms with Crippen LogP contribution in [0, 0.1) is 11.2 Å². The molecule has 1 heterocycles. The van der Waals surface area contributed by atoms with Gasteiger partial charge in [0.25, 0.3) is 11.8 Å².